The van der Waals surface area contributed by atoms with Crippen LogP contribution in [0.1, 0.15) is 57.9 Å². The highest BCUT2D eigenvalue weighted by atomic mass is 16.5. The van der Waals surface area contributed by atoms with Crippen LogP contribution < -0.4 is 4.74 Å². The predicted octanol–water partition coefficient (Wildman–Crippen LogP) is 4.51. The summed E-state index contributed by atoms with van der Waals surface area (Å²) < 4.78 is 5.28. The molecule has 0 aliphatic rings. The van der Waals surface area contributed by atoms with Gasteiger partial charge in [-0.05, 0) is 30.5 Å². The van der Waals surface area contributed by atoms with Crippen LogP contribution in [0.3, 0.4) is 0 Å². The quantitative estimate of drug-likeness (QED) is 0.384. The predicted molar refractivity (Wildman–Crippen MR) is 74.8 cm³/mol. The molecule has 1 rings (SSSR count). The van der Waals surface area contributed by atoms with E-state index in [0.29, 0.717) is 12.2 Å². The molecule has 0 amide bonds. The van der Waals surface area contributed by atoms with E-state index >= 15 is 0 Å². The van der Waals surface area contributed by atoms with Gasteiger partial charge in [0.25, 0.3) is 0 Å². The van der Waals surface area contributed by atoms with Crippen molar-refractivity contribution < 1.29 is 9.53 Å². The second-order valence-corrected chi connectivity index (χ2v) is 4.64. The van der Waals surface area contributed by atoms with Crippen LogP contribution in [0, 0.1) is 0 Å². The van der Waals surface area contributed by atoms with Gasteiger partial charge in [0.05, 0.1) is 0 Å². The molecular formula is C16H24O2. The van der Waals surface area contributed by atoms with Crippen molar-refractivity contribution in [2.45, 2.75) is 58.8 Å². The molecule has 0 saturated heterocycles. The Labute approximate surface area is 110 Å². The number of unbranched alkanes of at least 4 members (excludes halogenated alkanes) is 4. The van der Waals surface area contributed by atoms with Crippen LogP contribution in [0.5, 0.6) is 5.75 Å². The largest absolute Gasteiger partial charge is 0.427 e. The summed E-state index contributed by atoms with van der Waals surface area (Å²) in [5.74, 6) is 0.543. The number of hydrogen-bond acceptors (Lipinski definition) is 2. The van der Waals surface area contributed by atoms with E-state index in [1.165, 1.54) is 24.8 Å². The molecule has 18 heavy (non-hydrogen) atoms. The molecular weight excluding hydrogens is 224 g/mol. The molecule has 1 aromatic rings. The van der Waals surface area contributed by atoms with Gasteiger partial charge in [-0.1, -0.05) is 51.7 Å². The van der Waals surface area contributed by atoms with Crippen molar-refractivity contribution in [3.63, 3.8) is 0 Å². The molecule has 0 aliphatic heterocycles. The van der Waals surface area contributed by atoms with Crippen molar-refractivity contribution in [2.75, 3.05) is 0 Å². The molecule has 0 saturated carbocycles. The van der Waals surface area contributed by atoms with Crippen LogP contribution in [0.4, 0.5) is 0 Å². The van der Waals surface area contributed by atoms with Gasteiger partial charge in [-0.2, -0.15) is 0 Å². The second-order valence-electron chi connectivity index (χ2n) is 4.64. The lowest BCUT2D eigenvalue weighted by molar-refractivity contribution is -0.134. The first-order valence-corrected chi connectivity index (χ1v) is 7.06. The number of benzene rings is 1. The van der Waals surface area contributed by atoms with Crippen molar-refractivity contribution in [1.29, 1.82) is 0 Å². The summed E-state index contributed by atoms with van der Waals surface area (Å²) in [5, 5.41) is 0. The van der Waals surface area contributed by atoms with Crippen LogP contribution in [-0.2, 0) is 11.2 Å². The lowest BCUT2D eigenvalue weighted by Gasteiger charge is -2.05. The van der Waals surface area contributed by atoms with Crippen molar-refractivity contribution in [2.24, 2.45) is 0 Å². The number of carbonyl (C=O) groups is 1. The minimum atomic E-state index is -0.115. The lowest BCUT2D eigenvalue weighted by Crippen LogP contribution is -2.07. The molecule has 0 bridgehead atoms. The van der Waals surface area contributed by atoms with Crippen LogP contribution in [0.15, 0.2) is 24.3 Å². The third-order valence-corrected chi connectivity index (χ3v) is 3.05. The average Bonchev–Trinajstić information content (AvgIpc) is 2.39. The van der Waals surface area contributed by atoms with Crippen LogP contribution in [0.25, 0.3) is 0 Å². The first kappa shape index (κ1) is 14.7. The number of hydrogen-bond donors (Lipinski definition) is 0. The van der Waals surface area contributed by atoms with E-state index in [1.54, 1.807) is 0 Å². The molecule has 0 unspecified atom stereocenters. The van der Waals surface area contributed by atoms with Gasteiger partial charge in [0.2, 0.25) is 0 Å². The highest BCUT2D eigenvalue weighted by Gasteiger charge is 2.04. The van der Waals surface area contributed by atoms with Gasteiger partial charge >= 0.3 is 5.97 Å². The van der Waals surface area contributed by atoms with Crippen LogP contribution in [-0.4, -0.2) is 5.97 Å². The molecule has 0 fully saturated rings. The summed E-state index contributed by atoms with van der Waals surface area (Å²) in [6.45, 7) is 4.30. The van der Waals surface area contributed by atoms with Crippen molar-refractivity contribution >= 4 is 5.97 Å². The maximum absolute atomic E-state index is 11.6. The van der Waals surface area contributed by atoms with Gasteiger partial charge in [-0.25, -0.2) is 0 Å². The number of aryl methyl sites for hydroxylation is 1. The lowest BCUT2D eigenvalue weighted by atomic mass is 10.1. The number of rotatable bonds is 8. The third kappa shape index (κ3) is 5.85. The smallest absolute Gasteiger partial charge is 0.311 e. The van der Waals surface area contributed by atoms with Gasteiger partial charge < -0.3 is 4.74 Å². The first-order valence-electron chi connectivity index (χ1n) is 7.06. The van der Waals surface area contributed by atoms with E-state index in [0.717, 1.165) is 19.3 Å². The van der Waals surface area contributed by atoms with Crippen LogP contribution >= 0.6 is 0 Å². The molecule has 0 N–H and O–H groups in total. The van der Waals surface area contributed by atoms with E-state index in [9.17, 15) is 4.79 Å². The normalized spacial score (nSPS) is 10.3. The first-order chi connectivity index (χ1) is 8.76. The molecule has 0 radical (unpaired) electrons. The number of esters is 1. The zero-order valence-electron chi connectivity index (χ0n) is 11.6. The summed E-state index contributed by atoms with van der Waals surface area (Å²) in [6, 6.07) is 7.75. The minimum absolute atomic E-state index is 0.115. The van der Waals surface area contributed by atoms with E-state index in [-0.39, 0.29) is 5.97 Å². The fraction of sp³-hybridized carbons (Fsp3) is 0.562. The second kappa shape index (κ2) is 8.73. The molecule has 0 spiro atoms. The Balaban J connectivity index is 2.22. The van der Waals surface area contributed by atoms with Gasteiger partial charge in [0.1, 0.15) is 5.75 Å². The zero-order valence-corrected chi connectivity index (χ0v) is 11.6. The number of carbonyl (C=O) groups excluding carboxylic acids is 1. The average molecular weight is 248 g/mol. The molecule has 1 aromatic carbocycles. The van der Waals surface area contributed by atoms with E-state index in [1.807, 2.05) is 24.3 Å². The SMILES string of the molecule is CCCCCCCC(=O)Oc1ccc(CC)cc1. The standard InChI is InChI=1S/C16H24O2/c1-3-5-6-7-8-9-16(17)18-15-12-10-14(4-2)11-13-15/h10-13H,3-9H2,1-2H3. The summed E-state index contributed by atoms with van der Waals surface area (Å²) in [5.41, 5.74) is 1.26. The molecule has 2 heteroatoms. The highest BCUT2D eigenvalue weighted by molar-refractivity contribution is 5.72. The van der Waals surface area contributed by atoms with Crippen LogP contribution in [0.2, 0.25) is 0 Å². The maximum atomic E-state index is 11.6. The Hall–Kier alpha value is -1.31. The Morgan fingerprint density at radius 2 is 1.67 bits per heavy atom. The maximum Gasteiger partial charge on any atom is 0.311 e. The van der Waals surface area contributed by atoms with Gasteiger partial charge in [-0.15, -0.1) is 0 Å². The molecule has 100 valence electrons. The van der Waals surface area contributed by atoms with Gasteiger partial charge in [-0.3, -0.25) is 4.79 Å². The highest BCUT2D eigenvalue weighted by Crippen LogP contribution is 2.14. The molecule has 0 heterocycles. The summed E-state index contributed by atoms with van der Waals surface area (Å²) in [7, 11) is 0. The zero-order chi connectivity index (χ0) is 13.2. The Bertz CT molecular complexity index is 341. The molecule has 0 atom stereocenters. The summed E-state index contributed by atoms with van der Waals surface area (Å²) in [4.78, 5) is 11.6. The minimum Gasteiger partial charge on any atom is -0.427 e. The number of ether oxygens (including phenoxy) is 1. The fourth-order valence-corrected chi connectivity index (χ4v) is 1.85. The van der Waals surface area contributed by atoms with Gasteiger partial charge in [0.15, 0.2) is 0 Å². The van der Waals surface area contributed by atoms with E-state index in [4.69, 9.17) is 4.74 Å². The topological polar surface area (TPSA) is 26.3 Å². The van der Waals surface area contributed by atoms with E-state index in [2.05, 4.69) is 13.8 Å². The van der Waals surface area contributed by atoms with Crippen molar-refractivity contribution in [3.8, 4) is 5.75 Å². The molecule has 0 aromatic heterocycles. The van der Waals surface area contributed by atoms with Crippen molar-refractivity contribution in [3.05, 3.63) is 29.8 Å². The molecule has 2 nitrogen and oxygen atoms in total. The molecule has 0 aliphatic carbocycles. The summed E-state index contributed by atoms with van der Waals surface area (Å²) in [6.07, 6.45) is 7.30. The Kier molecular flexibility index (Phi) is 7.16. The third-order valence-electron chi connectivity index (χ3n) is 3.05. The Morgan fingerprint density at radius 3 is 2.28 bits per heavy atom. The summed E-state index contributed by atoms with van der Waals surface area (Å²) >= 11 is 0. The van der Waals surface area contributed by atoms with Crippen molar-refractivity contribution in [1.82, 2.24) is 0 Å². The fourth-order valence-electron chi connectivity index (χ4n) is 1.85. The Morgan fingerprint density at radius 1 is 1.00 bits per heavy atom. The van der Waals surface area contributed by atoms with E-state index < -0.39 is 0 Å². The van der Waals surface area contributed by atoms with Gasteiger partial charge in [0, 0.05) is 6.42 Å². The monoisotopic (exact) mass is 248 g/mol.